The Morgan fingerprint density at radius 3 is 2.85 bits per heavy atom. The molecule has 0 saturated carbocycles. The van der Waals surface area contributed by atoms with Gasteiger partial charge in [-0.1, -0.05) is 0 Å². The maximum Gasteiger partial charge on any atom is 0.262 e. The Bertz CT molecular complexity index is 1000. The SMILES string of the molecule is O=C1COc2ccc(-c3csc(NC(=O)c4ccc(F)cc4)n3)cc2N1. The fourth-order valence-electron chi connectivity index (χ4n) is 2.48. The van der Waals surface area contributed by atoms with Crippen LogP contribution < -0.4 is 15.4 Å². The lowest BCUT2D eigenvalue weighted by Crippen LogP contribution is -2.25. The maximum absolute atomic E-state index is 12.9. The number of amides is 2. The van der Waals surface area contributed by atoms with Gasteiger partial charge >= 0.3 is 0 Å². The number of benzene rings is 2. The van der Waals surface area contributed by atoms with Crippen LogP contribution in [-0.2, 0) is 4.79 Å². The quantitative estimate of drug-likeness (QED) is 0.740. The minimum absolute atomic E-state index is 0.00259. The van der Waals surface area contributed by atoms with Crippen LogP contribution in [0.25, 0.3) is 11.3 Å². The lowest BCUT2D eigenvalue weighted by Gasteiger charge is -2.18. The zero-order valence-electron chi connectivity index (χ0n) is 13.3. The summed E-state index contributed by atoms with van der Waals surface area (Å²) >= 11 is 1.27. The molecule has 0 aliphatic carbocycles. The molecular formula is C18H12FN3O3S. The third-order valence-electron chi connectivity index (χ3n) is 3.74. The zero-order chi connectivity index (χ0) is 18.1. The van der Waals surface area contributed by atoms with Gasteiger partial charge in [0.1, 0.15) is 11.6 Å². The number of hydrogen-bond acceptors (Lipinski definition) is 5. The van der Waals surface area contributed by atoms with E-state index in [4.69, 9.17) is 4.74 Å². The van der Waals surface area contributed by atoms with Crippen LogP contribution in [0, 0.1) is 5.82 Å². The molecule has 26 heavy (non-hydrogen) atoms. The van der Waals surface area contributed by atoms with Gasteiger partial charge in [0.2, 0.25) is 0 Å². The molecule has 0 bridgehead atoms. The van der Waals surface area contributed by atoms with E-state index in [0.29, 0.717) is 27.8 Å². The second-order valence-electron chi connectivity index (χ2n) is 5.55. The summed E-state index contributed by atoms with van der Waals surface area (Å²) in [6, 6.07) is 10.6. The second-order valence-corrected chi connectivity index (χ2v) is 6.40. The Morgan fingerprint density at radius 1 is 1.23 bits per heavy atom. The largest absolute Gasteiger partial charge is 0.482 e. The molecule has 1 aliphatic rings. The first-order valence-electron chi connectivity index (χ1n) is 7.68. The van der Waals surface area contributed by atoms with Gasteiger partial charge in [-0.3, -0.25) is 14.9 Å². The van der Waals surface area contributed by atoms with Crippen LogP contribution in [0.5, 0.6) is 5.75 Å². The minimum atomic E-state index is -0.401. The molecule has 0 fully saturated rings. The second kappa shape index (κ2) is 6.57. The molecule has 1 aliphatic heterocycles. The Labute approximate surface area is 151 Å². The molecule has 3 aromatic rings. The van der Waals surface area contributed by atoms with E-state index in [2.05, 4.69) is 15.6 Å². The van der Waals surface area contributed by atoms with Crippen molar-refractivity contribution in [2.45, 2.75) is 0 Å². The van der Waals surface area contributed by atoms with E-state index in [1.165, 1.54) is 35.6 Å². The molecule has 0 radical (unpaired) electrons. The average molecular weight is 369 g/mol. The van der Waals surface area contributed by atoms with Gasteiger partial charge < -0.3 is 10.1 Å². The maximum atomic E-state index is 12.9. The fraction of sp³-hybridized carbons (Fsp3) is 0.0556. The summed E-state index contributed by atoms with van der Waals surface area (Å²) in [5, 5.41) is 7.66. The molecule has 2 heterocycles. The number of rotatable bonds is 3. The highest BCUT2D eigenvalue weighted by Gasteiger charge is 2.17. The number of fused-ring (bicyclic) bond motifs is 1. The Kier molecular flexibility index (Phi) is 4.10. The number of carbonyl (C=O) groups excluding carboxylic acids is 2. The first-order valence-corrected chi connectivity index (χ1v) is 8.56. The topological polar surface area (TPSA) is 80.3 Å². The van der Waals surface area contributed by atoms with Gasteiger partial charge in [0, 0.05) is 16.5 Å². The van der Waals surface area contributed by atoms with Crippen molar-refractivity contribution in [3.05, 3.63) is 59.2 Å². The number of carbonyl (C=O) groups is 2. The summed E-state index contributed by atoms with van der Waals surface area (Å²) in [6.45, 7) is 0.00259. The molecule has 0 spiro atoms. The number of aromatic nitrogens is 1. The smallest absolute Gasteiger partial charge is 0.262 e. The molecule has 0 atom stereocenters. The number of nitrogens with zero attached hydrogens (tertiary/aromatic N) is 1. The third kappa shape index (κ3) is 3.27. The Morgan fingerprint density at radius 2 is 2.04 bits per heavy atom. The molecule has 2 aromatic carbocycles. The monoisotopic (exact) mass is 369 g/mol. The fourth-order valence-corrected chi connectivity index (χ4v) is 3.19. The van der Waals surface area contributed by atoms with E-state index < -0.39 is 5.82 Å². The van der Waals surface area contributed by atoms with Crippen molar-refractivity contribution in [3.63, 3.8) is 0 Å². The summed E-state index contributed by atoms with van der Waals surface area (Å²) in [5.74, 6) is -0.368. The van der Waals surface area contributed by atoms with E-state index in [1.807, 2.05) is 6.07 Å². The summed E-state index contributed by atoms with van der Waals surface area (Å²) in [4.78, 5) is 28.0. The van der Waals surface area contributed by atoms with Crippen LogP contribution >= 0.6 is 11.3 Å². The summed E-state index contributed by atoms with van der Waals surface area (Å²) in [5.41, 5.74) is 2.38. The molecule has 0 unspecified atom stereocenters. The summed E-state index contributed by atoms with van der Waals surface area (Å²) in [6.07, 6.45) is 0. The van der Waals surface area contributed by atoms with Gasteiger partial charge in [0.25, 0.3) is 11.8 Å². The van der Waals surface area contributed by atoms with E-state index in [-0.39, 0.29) is 18.4 Å². The highest BCUT2D eigenvalue weighted by molar-refractivity contribution is 7.14. The first kappa shape index (κ1) is 16.2. The molecule has 1 aromatic heterocycles. The van der Waals surface area contributed by atoms with E-state index in [0.717, 1.165) is 5.56 Å². The van der Waals surface area contributed by atoms with E-state index in [1.54, 1.807) is 17.5 Å². The van der Waals surface area contributed by atoms with Gasteiger partial charge in [0.05, 0.1) is 11.4 Å². The van der Waals surface area contributed by atoms with Crippen molar-refractivity contribution in [3.8, 4) is 17.0 Å². The van der Waals surface area contributed by atoms with Crippen molar-refractivity contribution in [2.75, 3.05) is 17.2 Å². The van der Waals surface area contributed by atoms with E-state index >= 15 is 0 Å². The minimum Gasteiger partial charge on any atom is -0.482 e. The number of hydrogen-bond donors (Lipinski definition) is 2. The molecule has 130 valence electrons. The number of halogens is 1. The standard InChI is InChI=1S/C18H12FN3O3S/c19-12-4-1-10(2-5-12)17(24)22-18-21-14(9-26-18)11-3-6-15-13(7-11)20-16(23)8-25-15/h1-7,9H,8H2,(H,20,23)(H,21,22,24). The summed E-state index contributed by atoms with van der Waals surface area (Å²) < 4.78 is 18.3. The van der Waals surface area contributed by atoms with Crippen molar-refractivity contribution in [1.82, 2.24) is 4.98 Å². The van der Waals surface area contributed by atoms with Crippen LogP contribution in [0.15, 0.2) is 47.8 Å². The number of ether oxygens (including phenoxy) is 1. The predicted molar refractivity (Wildman–Crippen MR) is 96.0 cm³/mol. The highest BCUT2D eigenvalue weighted by atomic mass is 32.1. The van der Waals surface area contributed by atoms with Gasteiger partial charge in [-0.2, -0.15) is 0 Å². The zero-order valence-corrected chi connectivity index (χ0v) is 14.1. The molecule has 6 nitrogen and oxygen atoms in total. The van der Waals surface area contributed by atoms with Gasteiger partial charge in [-0.25, -0.2) is 9.37 Å². The van der Waals surface area contributed by atoms with Crippen molar-refractivity contribution in [1.29, 1.82) is 0 Å². The van der Waals surface area contributed by atoms with Crippen molar-refractivity contribution < 1.29 is 18.7 Å². The van der Waals surface area contributed by atoms with E-state index in [9.17, 15) is 14.0 Å². The van der Waals surface area contributed by atoms with Crippen molar-refractivity contribution >= 4 is 34.0 Å². The molecule has 2 N–H and O–H groups in total. The van der Waals surface area contributed by atoms with Crippen molar-refractivity contribution in [2.24, 2.45) is 0 Å². The van der Waals surface area contributed by atoms with Crippen LogP contribution in [0.1, 0.15) is 10.4 Å². The molecule has 4 rings (SSSR count). The molecule has 8 heteroatoms. The highest BCUT2D eigenvalue weighted by Crippen LogP contribution is 2.33. The van der Waals surface area contributed by atoms with Gasteiger partial charge in [-0.15, -0.1) is 11.3 Å². The number of anilines is 2. The lowest BCUT2D eigenvalue weighted by molar-refractivity contribution is -0.118. The molecule has 2 amide bonds. The molecular weight excluding hydrogens is 357 g/mol. The predicted octanol–water partition coefficient (Wildman–Crippen LogP) is 3.53. The molecule has 0 saturated heterocycles. The summed E-state index contributed by atoms with van der Waals surface area (Å²) in [7, 11) is 0. The van der Waals surface area contributed by atoms with Crippen LogP contribution in [0.4, 0.5) is 15.2 Å². The lowest BCUT2D eigenvalue weighted by atomic mass is 10.1. The van der Waals surface area contributed by atoms with Crippen LogP contribution in [0.2, 0.25) is 0 Å². The Balaban J connectivity index is 1.53. The normalized spacial score (nSPS) is 12.7. The number of thiazole rings is 1. The Hall–Kier alpha value is -3.26. The average Bonchev–Trinajstić information content (AvgIpc) is 3.10. The third-order valence-corrected chi connectivity index (χ3v) is 4.50. The van der Waals surface area contributed by atoms with Crippen LogP contribution in [-0.4, -0.2) is 23.4 Å². The first-order chi connectivity index (χ1) is 12.6. The number of nitrogens with one attached hydrogen (secondary N) is 2. The van der Waals surface area contributed by atoms with Gasteiger partial charge in [-0.05, 0) is 42.5 Å². The van der Waals surface area contributed by atoms with Crippen LogP contribution in [0.3, 0.4) is 0 Å². The van der Waals surface area contributed by atoms with Gasteiger partial charge in [0.15, 0.2) is 11.7 Å².